The molecule has 5 nitrogen and oxygen atoms in total. The van der Waals surface area contributed by atoms with E-state index in [2.05, 4.69) is 0 Å². The van der Waals surface area contributed by atoms with Gasteiger partial charge < -0.3 is 9.64 Å². The van der Waals surface area contributed by atoms with Gasteiger partial charge in [0.05, 0.1) is 23.0 Å². The lowest BCUT2D eigenvalue weighted by molar-refractivity contribution is -0.140. The van der Waals surface area contributed by atoms with Gasteiger partial charge >= 0.3 is 6.18 Å². The number of carbonyl (C=O) groups is 1. The fourth-order valence-electron chi connectivity index (χ4n) is 3.67. The van der Waals surface area contributed by atoms with E-state index in [4.69, 9.17) is 4.74 Å². The highest BCUT2D eigenvalue weighted by Gasteiger charge is 2.41. The molecule has 0 aromatic heterocycles. The second-order valence-corrected chi connectivity index (χ2v) is 9.61. The zero-order chi connectivity index (χ0) is 21.7. The average molecular weight is 443 g/mol. The largest absolute Gasteiger partial charge is 0.457 e. The molecule has 0 radical (unpaired) electrons. The summed E-state index contributed by atoms with van der Waals surface area (Å²) in [7, 11) is -3.08. The van der Waals surface area contributed by atoms with Gasteiger partial charge in [-0.3, -0.25) is 4.79 Å². The van der Waals surface area contributed by atoms with Crippen molar-refractivity contribution in [2.75, 3.05) is 18.1 Å². The number of alkyl halides is 3. The quantitative estimate of drug-likeness (QED) is 0.681. The standard InChI is InChI=1S/C20H17F4NO4S/c21-18-8-16(3-4-17(18)20(22,23)24)29-15-2-1-13-9-25(6-5-12(13)7-15)19(26)14-10-30(27,28)11-14/h1-4,7-8,14H,5-6,9-11H2. The number of hydrogen-bond acceptors (Lipinski definition) is 4. The van der Waals surface area contributed by atoms with Gasteiger partial charge in [0.25, 0.3) is 0 Å². The minimum atomic E-state index is -4.78. The minimum absolute atomic E-state index is 0.0562. The van der Waals surface area contributed by atoms with Crippen LogP contribution in [0.2, 0.25) is 0 Å². The van der Waals surface area contributed by atoms with Gasteiger partial charge in [0.2, 0.25) is 5.91 Å². The molecule has 0 unspecified atom stereocenters. The summed E-state index contributed by atoms with van der Waals surface area (Å²) < 4.78 is 79.8. The first-order chi connectivity index (χ1) is 14.0. The number of halogens is 4. The third-order valence-electron chi connectivity index (χ3n) is 5.24. The molecule has 0 aliphatic carbocycles. The molecule has 2 heterocycles. The first-order valence-corrected chi connectivity index (χ1v) is 11.0. The van der Waals surface area contributed by atoms with Crippen LogP contribution in [0.1, 0.15) is 16.7 Å². The van der Waals surface area contributed by atoms with E-state index in [1.807, 2.05) is 0 Å². The molecule has 2 aliphatic rings. The summed E-state index contributed by atoms with van der Waals surface area (Å²) in [5.74, 6) is -1.98. The Labute approximate surface area is 170 Å². The van der Waals surface area contributed by atoms with Gasteiger partial charge in [-0.2, -0.15) is 13.2 Å². The summed E-state index contributed by atoms with van der Waals surface area (Å²) in [5.41, 5.74) is 0.428. The predicted molar refractivity (Wildman–Crippen MR) is 99.2 cm³/mol. The number of fused-ring (bicyclic) bond motifs is 1. The number of nitrogens with zero attached hydrogens (tertiary/aromatic N) is 1. The van der Waals surface area contributed by atoms with E-state index in [0.29, 0.717) is 37.4 Å². The second kappa shape index (κ2) is 7.26. The van der Waals surface area contributed by atoms with Crippen molar-refractivity contribution in [3.05, 3.63) is 58.9 Å². The molecule has 1 saturated heterocycles. The number of rotatable bonds is 3. The molecule has 160 valence electrons. The van der Waals surface area contributed by atoms with E-state index in [1.54, 1.807) is 23.1 Å². The van der Waals surface area contributed by atoms with Crippen molar-refractivity contribution in [3.8, 4) is 11.5 Å². The maximum absolute atomic E-state index is 13.7. The fraction of sp³-hybridized carbons (Fsp3) is 0.350. The second-order valence-electron chi connectivity index (χ2n) is 7.46. The van der Waals surface area contributed by atoms with Gasteiger partial charge in [-0.1, -0.05) is 6.07 Å². The Hall–Kier alpha value is -2.62. The van der Waals surface area contributed by atoms with Crippen molar-refractivity contribution in [2.24, 2.45) is 5.92 Å². The van der Waals surface area contributed by atoms with Crippen molar-refractivity contribution in [2.45, 2.75) is 19.1 Å². The Morgan fingerprint density at radius 1 is 1.03 bits per heavy atom. The van der Waals surface area contributed by atoms with Crippen LogP contribution >= 0.6 is 0 Å². The summed E-state index contributed by atoms with van der Waals surface area (Å²) >= 11 is 0. The molecule has 30 heavy (non-hydrogen) atoms. The van der Waals surface area contributed by atoms with Gasteiger partial charge in [0.15, 0.2) is 9.84 Å². The number of carbonyl (C=O) groups excluding carboxylic acids is 1. The SMILES string of the molecule is O=C(C1CS(=O)(=O)C1)N1CCc2cc(Oc3ccc(C(F)(F)F)c(F)c3)ccc2C1. The number of amides is 1. The van der Waals surface area contributed by atoms with Crippen LogP contribution in [0.25, 0.3) is 0 Å². The zero-order valence-corrected chi connectivity index (χ0v) is 16.4. The molecule has 1 fully saturated rings. The maximum Gasteiger partial charge on any atom is 0.419 e. The van der Waals surface area contributed by atoms with Gasteiger partial charge in [-0.25, -0.2) is 12.8 Å². The topological polar surface area (TPSA) is 63.7 Å². The van der Waals surface area contributed by atoms with Crippen LogP contribution < -0.4 is 4.74 Å². The van der Waals surface area contributed by atoms with Crippen LogP contribution in [0.4, 0.5) is 17.6 Å². The molecule has 0 spiro atoms. The third kappa shape index (κ3) is 4.14. The number of hydrogen-bond donors (Lipinski definition) is 0. The van der Waals surface area contributed by atoms with E-state index >= 15 is 0 Å². The van der Waals surface area contributed by atoms with Crippen LogP contribution in [-0.2, 0) is 33.8 Å². The van der Waals surface area contributed by atoms with Crippen molar-refractivity contribution in [3.63, 3.8) is 0 Å². The Bertz CT molecular complexity index is 1100. The molecule has 2 aromatic carbocycles. The van der Waals surface area contributed by atoms with E-state index in [-0.39, 0.29) is 23.2 Å². The molecular weight excluding hydrogens is 426 g/mol. The lowest BCUT2D eigenvalue weighted by Gasteiger charge is -2.34. The van der Waals surface area contributed by atoms with Crippen LogP contribution in [0.3, 0.4) is 0 Å². The van der Waals surface area contributed by atoms with Crippen LogP contribution in [0.15, 0.2) is 36.4 Å². The first-order valence-electron chi connectivity index (χ1n) is 9.17. The highest BCUT2D eigenvalue weighted by Crippen LogP contribution is 2.34. The normalized spacial score (nSPS) is 18.5. The predicted octanol–water partition coefficient (Wildman–Crippen LogP) is 3.57. The highest BCUT2D eigenvalue weighted by molar-refractivity contribution is 7.92. The van der Waals surface area contributed by atoms with Crippen molar-refractivity contribution in [1.82, 2.24) is 4.90 Å². The number of sulfone groups is 1. The van der Waals surface area contributed by atoms with Crippen LogP contribution in [-0.4, -0.2) is 37.3 Å². The fourth-order valence-corrected chi connectivity index (χ4v) is 5.08. The Kier molecular flexibility index (Phi) is 5.00. The lowest BCUT2D eigenvalue weighted by Crippen LogP contribution is -2.49. The van der Waals surface area contributed by atoms with Gasteiger partial charge in [0.1, 0.15) is 17.3 Å². The highest BCUT2D eigenvalue weighted by atomic mass is 32.2. The molecule has 2 aromatic rings. The Morgan fingerprint density at radius 3 is 2.33 bits per heavy atom. The Balaban J connectivity index is 1.44. The van der Waals surface area contributed by atoms with E-state index in [1.165, 1.54) is 0 Å². The zero-order valence-electron chi connectivity index (χ0n) is 15.6. The summed E-state index contributed by atoms with van der Waals surface area (Å²) in [6.07, 6.45) is -4.25. The summed E-state index contributed by atoms with van der Waals surface area (Å²) in [6.45, 7) is 0.778. The molecule has 2 aliphatic heterocycles. The van der Waals surface area contributed by atoms with Gasteiger partial charge in [-0.15, -0.1) is 0 Å². The van der Waals surface area contributed by atoms with E-state index < -0.39 is 33.3 Å². The van der Waals surface area contributed by atoms with Crippen molar-refractivity contribution < 1.29 is 35.5 Å². The first kappa shape index (κ1) is 20.6. The molecule has 10 heteroatoms. The molecule has 4 rings (SSSR count). The molecular formula is C20H17F4NO4S. The van der Waals surface area contributed by atoms with E-state index in [9.17, 15) is 30.8 Å². The lowest BCUT2D eigenvalue weighted by atomic mass is 9.98. The number of ether oxygens (including phenoxy) is 1. The van der Waals surface area contributed by atoms with E-state index in [0.717, 1.165) is 17.2 Å². The third-order valence-corrected chi connectivity index (χ3v) is 7.06. The molecule has 0 saturated carbocycles. The maximum atomic E-state index is 13.7. The monoisotopic (exact) mass is 443 g/mol. The number of benzene rings is 2. The smallest absolute Gasteiger partial charge is 0.419 e. The summed E-state index contributed by atoms with van der Waals surface area (Å²) in [6, 6.07) is 7.42. The van der Waals surface area contributed by atoms with Gasteiger partial charge in [0, 0.05) is 19.2 Å². The van der Waals surface area contributed by atoms with Crippen LogP contribution in [0.5, 0.6) is 11.5 Å². The van der Waals surface area contributed by atoms with Gasteiger partial charge in [-0.05, 0) is 41.8 Å². The summed E-state index contributed by atoms with van der Waals surface area (Å²) in [4.78, 5) is 14.1. The minimum Gasteiger partial charge on any atom is -0.457 e. The molecule has 0 N–H and O–H groups in total. The molecule has 0 atom stereocenters. The summed E-state index contributed by atoms with van der Waals surface area (Å²) in [5, 5.41) is 0. The molecule has 0 bridgehead atoms. The molecule has 1 amide bonds. The van der Waals surface area contributed by atoms with Crippen molar-refractivity contribution in [1.29, 1.82) is 0 Å². The van der Waals surface area contributed by atoms with Crippen molar-refractivity contribution >= 4 is 15.7 Å². The Morgan fingerprint density at radius 2 is 1.70 bits per heavy atom. The van der Waals surface area contributed by atoms with Crippen LogP contribution in [0, 0.1) is 11.7 Å². The average Bonchev–Trinajstić information content (AvgIpc) is 2.64.